The van der Waals surface area contributed by atoms with E-state index in [1.54, 1.807) is 11.0 Å². The van der Waals surface area contributed by atoms with Crippen molar-refractivity contribution in [3.8, 4) is 6.07 Å². The van der Waals surface area contributed by atoms with Gasteiger partial charge in [-0.25, -0.2) is 0 Å². The maximum Gasteiger partial charge on any atom is 0.238 e. The van der Waals surface area contributed by atoms with Crippen molar-refractivity contribution in [3.63, 3.8) is 0 Å². The number of nitrogens with two attached hydrogens (primary N) is 1. The Hall–Kier alpha value is -1.16. The number of amides is 1. The van der Waals surface area contributed by atoms with Gasteiger partial charge in [0.2, 0.25) is 5.91 Å². The van der Waals surface area contributed by atoms with Gasteiger partial charge in [-0.2, -0.15) is 5.26 Å². The van der Waals surface area contributed by atoms with E-state index >= 15 is 0 Å². The summed E-state index contributed by atoms with van der Waals surface area (Å²) in [5.74, 6) is -1.97. The lowest BCUT2D eigenvalue weighted by Gasteiger charge is -2.32. The number of carbonyl (C=O) groups is 1. The maximum atomic E-state index is 10.8. The molecule has 2 unspecified atom stereocenters. The summed E-state index contributed by atoms with van der Waals surface area (Å²) in [5, 5.41) is 18.3. The topological polar surface area (TPSA) is 99.6 Å². The first-order valence-electron chi connectivity index (χ1n) is 4.35. The molecule has 0 spiro atoms. The molecule has 1 amide bonds. The van der Waals surface area contributed by atoms with Gasteiger partial charge in [0.15, 0.2) is 5.92 Å². The van der Waals surface area contributed by atoms with Crippen molar-refractivity contribution in [1.82, 2.24) is 4.90 Å². The van der Waals surface area contributed by atoms with Crippen molar-refractivity contribution in [2.24, 2.45) is 11.7 Å². The van der Waals surface area contributed by atoms with Crippen LogP contribution in [0.5, 0.6) is 0 Å². The van der Waals surface area contributed by atoms with Crippen LogP contribution in [0.25, 0.3) is 0 Å². The van der Waals surface area contributed by atoms with Gasteiger partial charge >= 0.3 is 0 Å². The number of primary amides is 1. The zero-order chi connectivity index (χ0) is 10.6. The number of aliphatic hydroxyl groups excluding tert-OH is 1. The Morgan fingerprint density at radius 1 is 1.57 bits per heavy atom. The van der Waals surface area contributed by atoms with Crippen molar-refractivity contribution in [3.05, 3.63) is 0 Å². The predicted octanol–water partition coefficient (Wildman–Crippen LogP) is -1.74. The lowest BCUT2D eigenvalue weighted by Crippen LogP contribution is -2.49. The Morgan fingerprint density at radius 2 is 2.14 bits per heavy atom. The molecular formula is C8H13N3O3. The van der Waals surface area contributed by atoms with E-state index in [-0.39, 0.29) is 0 Å². The van der Waals surface area contributed by atoms with Gasteiger partial charge in [-0.3, -0.25) is 9.69 Å². The third-order valence-electron chi connectivity index (χ3n) is 2.16. The molecule has 78 valence electrons. The van der Waals surface area contributed by atoms with Crippen LogP contribution in [0.3, 0.4) is 0 Å². The molecule has 1 heterocycles. The second kappa shape index (κ2) is 4.91. The summed E-state index contributed by atoms with van der Waals surface area (Å²) in [5.41, 5.74) is 4.98. The highest BCUT2D eigenvalue weighted by atomic mass is 16.5. The third kappa shape index (κ3) is 2.42. The molecular weight excluding hydrogens is 186 g/mol. The second-order valence-electron chi connectivity index (χ2n) is 3.07. The normalized spacial score (nSPS) is 22.3. The smallest absolute Gasteiger partial charge is 0.238 e. The molecule has 0 saturated carbocycles. The van der Waals surface area contributed by atoms with E-state index < -0.39 is 18.1 Å². The molecule has 0 aromatic heterocycles. The van der Waals surface area contributed by atoms with E-state index in [9.17, 15) is 9.90 Å². The largest absolute Gasteiger partial charge is 0.379 e. The van der Waals surface area contributed by atoms with Crippen molar-refractivity contribution in [2.75, 3.05) is 26.3 Å². The highest BCUT2D eigenvalue weighted by Gasteiger charge is 2.30. The molecule has 6 nitrogen and oxygen atoms in total. The van der Waals surface area contributed by atoms with Crippen LogP contribution in [0.15, 0.2) is 0 Å². The number of hydrogen-bond acceptors (Lipinski definition) is 5. The number of aliphatic hydroxyl groups is 1. The summed E-state index contributed by atoms with van der Waals surface area (Å²) >= 11 is 0. The number of ether oxygens (including phenoxy) is 1. The average molecular weight is 199 g/mol. The standard InChI is InChI=1S/C8H13N3O3/c9-5-6(7(10)12)8(13)11-1-3-14-4-2-11/h6,8,13H,1-4H2,(H2,10,12). The first-order chi connectivity index (χ1) is 6.66. The van der Waals surface area contributed by atoms with Crippen molar-refractivity contribution >= 4 is 5.91 Å². The number of morpholine rings is 1. The first-order valence-corrected chi connectivity index (χ1v) is 4.35. The van der Waals surface area contributed by atoms with Gasteiger partial charge in [-0.1, -0.05) is 0 Å². The maximum absolute atomic E-state index is 10.8. The minimum atomic E-state index is -1.17. The molecule has 0 aromatic carbocycles. The number of hydrogen-bond donors (Lipinski definition) is 2. The Bertz CT molecular complexity index is 245. The molecule has 0 bridgehead atoms. The molecule has 1 aliphatic rings. The van der Waals surface area contributed by atoms with E-state index in [0.717, 1.165) is 0 Å². The molecule has 6 heteroatoms. The zero-order valence-electron chi connectivity index (χ0n) is 7.72. The van der Waals surface area contributed by atoms with E-state index in [1.807, 2.05) is 0 Å². The van der Waals surface area contributed by atoms with E-state index in [1.165, 1.54) is 0 Å². The molecule has 0 aromatic rings. The third-order valence-corrected chi connectivity index (χ3v) is 2.16. The van der Waals surface area contributed by atoms with Crippen LogP contribution in [-0.2, 0) is 9.53 Å². The first kappa shape index (κ1) is 10.9. The minimum Gasteiger partial charge on any atom is -0.379 e. The van der Waals surface area contributed by atoms with E-state index in [2.05, 4.69) is 0 Å². The van der Waals surface area contributed by atoms with Gasteiger partial charge in [0.25, 0.3) is 0 Å². The van der Waals surface area contributed by atoms with Crippen molar-refractivity contribution in [1.29, 1.82) is 5.26 Å². The summed E-state index contributed by atoms with van der Waals surface area (Å²) in [4.78, 5) is 12.4. The van der Waals surface area contributed by atoms with Gasteiger partial charge < -0.3 is 15.6 Å². The van der Waals surface area contributed by atoms with Crippen LogP contribution in [0.2, 0.25) is 0 Å². The summed E-state index contributed by atoms with van der Waals surface area (Å²) in [6.45, 7) is 2.00. The summed E-state index contributed by atoms with van der Waals surface area (Å²) in [6.07, 6.45) is -1.12. The molecule has 14 heavy (non-hydrogen) atoms. The fourth-order valence-corrected chi connectivity index (χ4v) is 1.33. The summed E-state index contributed by atoms with van der Waals surface area (Å²) < 4.78 is 5.07. The lowest BCUT2D eigenvalue weighted by atomic mass is 10.1. The SMILES string of the molecule is N#CC(C(N)=O)C(O)N1CCOCC1. The van der Waals surface area contributed by atoms with E-state index in [0.29, 0.717) is 26.3 Å². The van der Waals surface area contributed by atoms with Crippen LogP contribution in [0, 0.1) is 17.2 Å². The molecule has 2 atom stereocenters. The van der Waals surface area contributed by atoms with Crippen molar-refractivity contribution in [2.45, 2.75) is 6.23 Å². The Morgan fingerprint density at radius 3 is 2.57 bits per heavy atom. The molecule has 3 N–H and O–H groups in total. The number of rotatable bonds is 3. The highest BCUT2D eigenvalue weighted by Crippen LogP contribution is 2.10. The predicted molar refractivity (Wildman–Crippen MR) is 46.7 cm³/mol. The van der Waals surface area contributed by atoms with Gasteiger partial charge in [0.05, 0.1) is 19.3 Å². The molecule has 1 rings (SSSR count). The van der Waals surface area contributed by atoms with Crippen LogP contribution >= 0.6 is 0 Å². The number of nitriles is 1. The second-order valence-corrected chi connectivity index (χ2v) is 3.07. The Balaban J connectivity index is 2.57. The summed E-state index contributed by atoms with van der Waals surface area (Å²) in [7, 11) is 0. The van der Waals surface area contributed by atoms with Gasteiger partial charge in [0.1, 0.15) is 6.23 Å². The lowest BCUT2D eigenvalue weighted by molar-refractivity contribution is -0.131. The summed E-state index contributed by atoms with van der Waals surface area (Å²) in [6, 6.07) is 1.69. The van der Waals surface area contributed by atoms with Gasteiger partial charge in [-0.15, -0.1) is 0 Å². The Labute approximate surface area is 81.8 Å². The molecule has 1 aliphatic heterocycles. The quantitative estimate of drug-likeness (QED) is 0.562. The van der Waals surface area contributed by atoms with E-state index in [4.69, 9.17) is 15.7 Å². The van der Waals surface area contributed by atoms with Crippen LogP contribution in [0.1, 0.15) is 0 Å². The molecule has 0 aliphatic carbocycles. The highest BCUT2D eigenvalue weighted by molar-refractivity contribution is 5.79. The van der Waals surface area contributed by atoms with Gasteiger partial charge in [-0.05, 0) is 0 Å². The monoisotopic (exact) mass is 199 g/mol. The van der Waals surface area contributed by atoms with Crippen LogP contribution in [-0.4, -0.2) is 48.4 Å². The van der Waals surface area contributed by atoms with Crippen molar-refractivity contribution < 1.29 is 14.6 Å². The molecule has 1 fully saturated rings. The van der Waals surface area contributed by atoms with Gasteiger partial charge in [0, 0.05) is 13.1 Å². The average Bonchev–Trinajstić information content (AvgIpc) is 2.19. The fraction of sp³-hybridized carbons (Fsp3) is 0.750. The Kier molecular flexibility index (Phi) is 3.83. The molecule has 0 radical (unpaired) electrons. The van der Waals surface area contributed by atoms with Crippen LogP contribution < -0.4 is 5.73 Å². The zero-order valence-corrected chi connectivity index (χ0v) is 7.72. The fourth-order valence-electron chi connectivity index (χ4n) is 1.33. The van der Waals surface area contributed by atoms with Crippen LogP contribution in [0.4, 0.5) is 0 Å². The number of nitrogens with zero attached hydrogens (tertiary/aromatic N) is 2. The number of carbonyl (C=O) groups excluding carboxylic acids is 1. The minimum absolute atomic E-state index is 0.494. The molecule has 1 saturated heterocycles.